The Morgan fingerprint density at radius 2 is 2.29 bits per heavy atom. The number of ether oxygens (including phenoxy) is 1. The molecule has 126 valence electrons. The topological polar surface area (TPSA) is 66.8 Å². The fourth-order valence-corrected chi connectivity index (χ4v) is 5.91. The van der Waals surface area contributed by atoms with E-state index in [1.807, 2.05) is 11.0 Å². The second-order valence-electron chi connectivity index (χ2n) is 7.63. The number of ketones is 1. The van der Waals surface area contributed by atoms with E-state index in [0.29, 0.717) is 13.0 Å². The highest BCUT2D eigenvalue weighted by Gasteiger charge is 2.66. The highest BCUT2D eigenvalue weighted by Crippen LogP contribution is 2.62. The summed E-state index contributed by atoms with van der Waals surface area (Å²) in [6.07, 6.45) is 2.52. The number of benzene rings is 1. The van der Waals surface area contributed by atoms with Crippen molar-refractivity contribution >= 4 is 11.7 Å². The molecule has 2 fully saturated rings. The first-order valence-corrected chi connectivity index (χ1v) is 8.80. The molecular formula is C19H21NO4. The molecule has 1 unspecified atom stereocenters. The van der Waals surface area contributed by atoms with Gasteiger partial charge in [0.15, 0.2) is 11.9 Å². The minimum atomic E-state index is -0.436. The maximum Gasteiger partial charge on any atom is 0.219 e. The van der Waals surface area contributed by atoms with Crippen LogP contribution in [0.2, 0.25) is 0 Å². The van der Waals surface area contributed by atoms with E-state index in [1.165, 1.54) is 5.56 Å². The van der Waals surface area contributed by atoms with Crippen LogP contribution in [0.15, 0.2) is 12.1 Å². The van der Waals surface area contributed by atoms with Crippen molar-refractivity contribution in [3.8, 4) is 5.75 Å². The molecule has 2 aliphatic heterocycles. The van der Waals surface area contributed by atoms with Crippen molar-refractivity contribution in [2.24, 2.45) is 5.92 Å². The van der Waals surface area contributed by atoms with Gasteiger partial charge in [0.05, 0.1) is 6.61 Å². The van der Waals surface area contributed by atoms with Crippen molar-refractivity contribution < 1.29 is 19.4 Å². The predicted octanol–water partition coefficient (Wildman–Crippen LogP) is 1.33. The molecule has 0 radical (unpaired) electrons. The molecule has 1 aromatic rings. The van der Waals surface area contributed by atoms with Gasteiger partial charge in [-0.05, 0) is 30.7 Å². The van der Waals surface area contributed by atoms with Gasteiger partial charge in [-0.15, -0.1) is 0 Å². The smallest absolute Gasteiger partial charge is 0.219 e. The number of amides is 1. The second-order valence-corrected chi connectivity index (χ2v) is 7.63. The zero-order chi connectivity index (χ0) is 16.6. The molecule has 4 aliphatic rings. The third kappa shape index (κ3) is 1.50. The monoisotopic (exact) mass is 327 g/mol. The molecule has 1 amide bonds. The van der Waals surface area contributed by atoms with Crippen LogP contribution in [0.1, 0.15) is 42.9 Å². The van der Waals surface area contributed by atoms with Gasteiger partial charge in [0.1, 0.15) is 5.75 Å². The van der Waals surface area contributed by atoms with Crippen LogP contribution in [0.4, 0.5) is 0 Å². The number of carbonyl (C=O) groups excluding carboxylic acids is 2. The van der Waals surface area contributed by atoms with E-state index in [4.69, 9.17) is 4.74 Å². The molecular weight excluding hydrogens is 306 g/mol. The van der Waals surface area contributed by atoms with Gasteiger partial charge in [-0.2, -0.15) is 0 Å². The molecule has 1 spiro atoms. The maximum absolute atomic E-state index is 12.7. The first kappa shape index (κ1) is 14.5. The summed E-state index contributed by atoms with van der Waals surface area (Å²) in [5.41, 5.74) is 2.83. The Morgan fingerprint density at radius 3 is 3.04 bits per heavy atom. The number of Topliss-reactive ketones (excluding diaryl/α,β-unsaturated/α-hetero) is 1. The van der Waals surface area contributed by atoms with Gasteiger partial charge in [0.25, 0.3) is 0 Å². The zero-order valence-electron chi connectivity index (χ0n) is 13.7. The van der Waals surface area contributed by atoms with E-state index in [0.717, 1.165) is 36.1 Å². The highest BCUT2D eigenvalue weighted by molar-refractivity contribution is 5.89. The average Bonchev–Trinajstić information content (AvgIpc) is 2.90. The third-order valence-corrected chi connectivity index (χ3v) is 6.79. The number of piperidine rings is 1. The van der Waals surface area contributed by atoms with E-state index in [9.17, 15) is 14.7 Å². The number of hydrogen-bond acceptors (Lipinski definition) is 4. The summed E-state index contributed by atoms with van der Waals surface area (Å²) in [6, 6.07) is 4.12. The molecule has 2 aliphatic carbocycles. The van der Waals surface area contributed by atoms with Crippen LogP contribution >= 0.6 is 0 Å². The summed E-state index contributed by atoms with van der Waals surface area (Å²) in [6.45, 7) is 2.25. The van der Waals surface area contributed by atoms with Crippen molar-refractivity contribution in [2.45, 2.75) is 56.8 Å². The molecule has 2 bridgehead atoms. The van der Waals surface area contributed by atoms with E-state index in [2.05, 4.69) is 6.07 Å². The van der Waals surface area contributed by atoms with Crippen LogP contribution in [0.25, 0.3) is 0 Å². The number of aliphatic hydroxyl groups excluding tert-OH is 1. The van der Waals surface area contributed by atoms with Crippen molar-refractivity contribution in [1.29, 1.82) is 0 Å². The molecule has 1 aromatic carbocycles. The molecule has 1 N–H and O–H groups in total. The summed E-state index contributed by atoms with van der Waals surface area (Å²) in [5.74, 6) is 1.32. The van der Waals surface area contributed by atoms with Gasteiger partial charge < -0.3 is 14.7 Å². The van der Waals surface area contributed by atoms with E-state index in [-0.39, 0.29) is 35.7 Å². The predicted molar refractivity (Wildman–Crippen MR) is 85.7 cm³/mol. The fourth-order valence-electron chi connectivity index (χ4n) is 5.91. The van der Waals surface area contributed by atoms with Gasteiger partial charge in [-0.3, -0.25) is 9.59 Å². The van der Waals surface area contributed by atoms with Crippen LogP contribution in [0.3, 0.4) is 0 Å². The fraction of sp³-hybridized carbons (Fsp3) is 0.579. The quantitative estimate of drug-likeness (QED) is 0.845. The Morgan fingerprint density at radius 1 is 1.46 bits per heavy atom. The minimum Gasteiger partial charge on any atom is -0.481 e. The number of nitrogens with zero attached hydrogens (tertiary/aromatic N) is 1. The Bertz CT molecular complexity index is 773. The number of rotatable bonds is 1. The minimum absolute atomic E-state index is 0.0761. The van der Waals surface area contributed by atoms with Gasteiger partial charge in [-0.1, -0.05) is 12.1 Å². The molecule has 4 atom stereocenters. The molecule has 0 aromatic heterocycles. The van der Waals surface area contributed by atoms with E-state index >= 15 is 0 Å². The first-order valence-electron chi connectivity index (χ1n) is 8.80. The van der Waals surface area contributed by atoms with Gasteiger partial charge in [0.2, 0.25) is 5.91 Å². The molecule has 1 saturated carbocycles. The van der Waals surface area contributed by atoms with E-state index < -0.39 is 6.10 Å². The molecule has 1 saturated heterocycles. The van der Waals surface area contributed by atoms with Gasteiger partial charge in [0, 0.05) is 42.5 Å². The lowest BCUT2D eigenvalue weighted by molar-refractivity contribution is -0.146. The normalized spacial score (nSPS) is 35.5. The van der Waals surface area contributed by atoms with Crippen LogP contribution in [0, 0.1) is 5.92 Å². The van der Waals surface area contributed by atoms with Crippen molar-refractivity contribution in [3.63, 3.8) is 0 Å². The van der Waals surface area contributed by atoms with Crippen molar-refractivity contribution in [1.82, 2.24) is 4.90 Å². The lowest BCUT2D eigenvalue weighted by Gasteiger charge is -2.57. The summed E-state index contributed by atoms with van der Waals surface area (Å²) in [5, 5.41) is 9.70. The largest absolute Gasteiger partial charge is 0.481 e. The maximum atomic E-state index is 12.7. The number of likely N-dealkylation sites (tertiary alicyclic amines) is 1. The van der Waals surface area contributed by atoms with E-state index in [1.54, 1.807) is 6.92 Å². The van der Waals surface area contributed by atoms with Crippen molar-refractivity contribution in [2.75, 3.05) is 6.54 Å². The lowest BCUT2D eigenvalue weighted by Crippen LogP contribution is -2.66. The Kier molecular flexibility index (Phi) is 2.77. The van der Waals surface area contributed by atoms with Crippen LogP contribution in [-0.4, -0.2) is 40.4 Å². The molecule has 2 heterocycles. The van der Waals surface area contributed by atoms with Crippen LogP contribution in [0.5, 0.6) is 5.75 Å². The third-order valence-electron chi connectivity index (χ3n) is 6.79. The summed E-state index contributed by atoms with van der Waals surface area (Å²) in [7, 11) is 0. The SMILES string of the molecule is CC(=O)N1CC[C@]23c4c5ccc(CO)c4O[C@H]2C(=O)CCC3[C@H]1C5. The Hall–Kier alpha value is -1.88. The molecule has 5 heteroatoms. The Balaban J connectivity index is 1.77. The summed E-state index contributed by atoms with van der Waals surface area (Å²) < 4.78 is 6.20. The lowest BCUT2D eigenvalue weighted by atomic mass is 9.51. The molecule has 5 nitrogen and oxygen atoms in total. The summed E-state index contributed by atoms with van der Waals surface area (Å²) in [4.78, 5) is 26.8. The van der Waals surface area contributed by atoms with Gasteiger partial charge in [-0.25, -0.2) is 0 Å². The molecule has 24 heavy (non-hydrogen) atoms. The summed E-state index contributed by atoms with van der Waals surface area (Å²) >= 11 is 0. The molecule has 5 rings (SSSR count). The standard InChI is InChI=1S/C19H21NO4/c1-10(22)20-7-6-19-13-4-5-15(23)18(19)24-17-12(9-21)3-2-11(16(17)19)8-14(13)20/h2-3,13-14,18,21H,4-9H2,1H3/t13?,14-,18+,19+/m1/s1. The average molecular weight is 327 g/mol. The van der Waals surface area contributed by atoms with Crippen LogP contribution in [-0.2, 0) is 28.0 Å². The Labute approximate surface area is 140 Å². The van der Waals surface area contributed by atoms with Crippen molar-refractivity contribution in [3.05, 3.63) is 28.8 Å². The van der Waals surface area contributed by atoms with Gasteiger partial charge >= 0.3 is 0 Å². The zero-order valence-corrected chi connectivity index (χ0v) is 13.7. The first-order chi connectivity index (χ1) is 11.6. The number of aliphatic hydroxyl groups is 1. The van der Waals surface area contributed by atoms with Crippen LogP contribution < -0.4 is 4.74 Å². The highest BCUT2D eigenvalue weighted by atomic mass is 16.5. The second kappa shape index (κ2) is 4.60. The number of carbonyl (C=O) groups is 2. The number of hydrogen-bond donors (Lipinski definition) is 1.